The SMILES string of the molecule is CCCNC(=O)C1=CN(Cc2ccco2)C(=O)N2C[C@@H](Cc3ccccc3)N=C12. The fourth-order valence-electron chi connectivity index (χ4n) is 3.56. The van der Waals surface area contributed by atoms with Crippen molar-refractivity contribution in [1.82, 2.24) is 15.1 Å². The van der Waals surface area contributed by atoms with E-state index in [1.165, 1.54) is 4.90 Å². The van der Waals surface area contributed by atoms with Crippen LogP contribution in [0.5, 0.6) is 0 Å². The predicted molar refractivity (Wildman–Crippen MR) is 109 cm³/mol. The summed E-state index contributed by atoms with van der Waals surface area (Å²) in [6, 6.07) is 13.4. The highest BCUT2D eigenvalue weighted by molar-refractivity contribution is 6.25. The van der Waals surface area contributed by atoms with Crippen LogP contribution >= 0.6 is 0 Å². The first kappa shape index (κ1) is 19.0. The summed E-state index contributed by atoms with van der Waals surface area (Å²) in [4.78, 5) is 33.7. The van der Waals surface area contributed by atoms with Crippen molar-refractivity contribution in [3.8, 4) is 0 Å². The summed E-state index contributed by atoms with van der Waals surface area (Å²) >= 11 is 0. The molecule has 0 radical (unpaired) electrons. The molecule has 0 saturated carbocycles. The van der Waals surface area contributed by atoms with Gasteiger partial charge < -0.3 is 9.73 Å². The highest BCUT2D eigenvalue weighted by Gasteiger charge is 2.40. The van der Waals surface area contributed by atoms with Gasteiger partial charge in [-0.25, -0.2) is 4.79 Å². The smallest absolute Gasteiger partial charge is 0.330 e. The Balaban J connectivity index is 1.60. The Hall–Kier alpha value is -3.35. The third-order valence-electron chi connectivity index (χ3n) is 4.96. The van der Waals surface area contributed by atoms with Crippen molar-refractivity contribution in [3.63, 3.8) is 0 Å². The second-order valence-corrected chi connectivity index (χ2v) is 7.20. The number of carbonyl (C=O) groups is 2. The minimum atomic E-state index is -0.215. The van der Waals surface area contributed by atoms with E-state index in [2.05, 4.69) is 5.32 Å². The summed E-state index contributed by atoms with van der Waals surface area (Å²) < 4.78 is 5.38. The molecule has 0 saturated heterocycles. The summed E-state index contributed by atoms with van der Waals surface area (Å²) in [5.41, 5.74) is 1.57. The third kappa shape index (κ3) is 4.08. The van der Waals surface area contributed by atoms with Gasteiger partial charge in [-0.15, -0.1) is 0 Å². The maximum Gasteiger partial charge on any atom is 0.330 e. The number of urea groups is 1. The lowest BCUT2D eigenvalue weighted by atomic mass is 10.1. The van der Waals surface area contributed by atoms with Crippen molar-refractivity contribution in [3.05, 3.63) is 71.8 Å². The third-order valence-corrected chi connectivity index (χ3v) is 4.96. The van der Waals surface area contributed by atoms with E-state index in [0.29, 0.717) is 30.3 Å². The van der Waals surface area contributed by atoms with Crippen molar-refractivity contribution in [1.29, 1.82) is 0 Å². The molecule has 150 valence electrons. The number of nitrogens with one attached hydrogen (secondary N) is 1. The molecule has 0 aliphatic carbocycles. The molecule has 7 nitrogen and oxygen atoms in total. The van der Waals surface area contributed by atoms with Crippen molar-refractivity contribution in [2.45, 2.75) is 32.4 Å². The van der Waals surface area contributed by atoms with Gasteiger partial charge in [-0.3, -0.25) is 19.6 Å². The highest BCUT2D eigenvalue weighted by Crippen LogP contribution is 2.25. The highest BCUT2D eigenvalue weighted by atomic mass is 16.3. The molecule has 3 heterocycles. The molecule has 0 spiro atoms. The summed E-state index contributed by atoms with van der Waals surface area (Å²) in [5, 5.41) is 2.90. The largest absolute Gasteiger partial charge is 0.467 e. The zero-order valence-corrected chi connectivity index (χ0v) is 16.4. The molecule has 0 fully saturated rings. The van der Waals surface area contributed by atoms with Gasteiger partial charge >= 0.3 is 6.03 Å². The molecule has 7 heteroatoms. The molecule has 1 N–H and O–H groups in total. The Morgan fingerprint density at radius 1 is 1.24 bits per heavy atom. The fourth-order valence-corrected chi connectivity index (χ4v) is 3.56. The van der Waals surface area contributed by atoms with Crippen LogP contribution in [0.4, 0.5) is 4.79 Å². The van der Waals surface area contributed by atoms with E-state index >= 15 is 0 Å². The molecule has 4 rings (SSSR count). The van der Waals surface area contributed by atoms with Crippen LogP contribution in [0.1, 0.15) is 24.7 Å². The van der Waals surface area contributed by atoms with Gasteiger partial charge in [-0.1, -0.05) is 37.3 Å². The van der Waals surface area contributed by atoms with E-state index in [4.69, 9.17) is 9.41 Å². The quantitative estimate of drug-likeness (QED) is 0.787. The number of carbonyl (C=O) groups excluding carboxylic acids is 2. The Bertz CT molecular complexity index is 934. The van der Waals surface area contributed by atoms with Crippen molar-refractivity contribution in [2.24, 2.45) is 4.99 Å². The number of fused-ring (bicyclic) bond motifs is 1. The molecule has 1 aromatic heterocycles. The van der Waals surface area contributed by atoms with Crippen molar-refractivity contribution < 1.29 is 14.0 Å². The maximum absolute atomic E-state index is 13.1. The Labute approximate surface area is 169 Å². The Morgan fingerprint density at radius 3 is 2.79 bits per heavy atom. The monoisotopic (exact) mass is 392 g/mol. The number of hydrogen-bond donors (Lipinski definition) is 1. The zero-order valence-electron chi connectivity index (χ0n) is 16.4. The molecule has 2 aliphatic heterocycles. The summed E-state index contributed by atoms with van der Waals surface area (Å²) in [6.07, 6.45) is 4.72. The van der Waals surface area contributed by atoms with Crippen LogP contribution in [-0.4, -0.2) is 46.7 Å². The number of hydrogen-bond acceptors (Lipinski definition) is 4. The molecular formula is C22H24N4O3. The topological polar surface area (TPSA) is 78.2 Å². The van der Waals surface area contributed by atoms with Gasteiger partial charge in [0.15, 0.2) is 0 Å². The van der Waals surface area contributed by atoms with Gasteiger partial charge in [0.2, 0.25) is 0 Å². The molecule has 29 heavy (non-hydrogen) atoms. The first-order valence-electron chi connectivity index (χ1n) is 9.88. The first-order chi connectivity index (χ1) is 14.2. The lowest BCUT2D eigenvalue weighted by Gasteiger charge is -2.31. The van der Waals surface area contributed by atoms with Crippen LogP contribution < -0.4 is 5.32 Å². The van der Waals surface area contributed by atoms with Gasteiger partial charge in [-0.2, -0.15) is 0 Å². The minimum Gasteiger partial charge on any atom is -0.467 e. The van der Waals surface area contributed by atoms with Gasteiger partial charge in [0.25, 0.3) is 5.91 Å². The van der Waals surface area contributed by atoms with Crippen LogP contribution in [0.25, 0.3) is 0 Å². The van der Waals surface area contributed by atoms with E-state index in [9.17, 15) is 9.59 Å². The molecule has 2 aromatic rings. The number of nitrogens with zero attached hydrogens (tertiary/aromatic N) is 3. The zero-order chi connectivity index (χ0) is 20.2. The van der Waals surface area contributed by atoms with Crippen LogP contribution in [-0.2, 0) is 17.8 Å². The lowest BCUT2D eigenvalue weighted by Crippen LogP contribution is -2.49. The van der Waals surface area contributed by atoms with E-state index in [0.717, 1.165) is 18.4 Å². The standard InChI is InChI=1S/C22H24N4O3/c1-2-10-23-21(27)19-15-25(14-18-9-6-11-29-18)22(28)26-13-17(24-20(19)26)12-16-7-4-3-5-8-16/h3-9,11,15,17H,2,10,12-14H2,1H3,(H,23,27)/t17-/m1/s1. The molecule has 1 atom stereocenters. The van der Waals surface area contributed by atoms with Gasteiger partial charge in [0.1, 0.15) is 11.6 Å². The molecule has 1 aromatic carbocycles. The predicted octanol–water partition coefficient (Wildman–Crippen LogP) is 2.95. The Kier molecular flexibility index (Phi) is 5.46. The summed E-state index contributed by atoms with van der Waals surface area (Å²) in [5.74, 6) is 0.900. The number of furan rings is 1. The average molecular weight is 392 g/mol. The number of amides is 3. The second-order valence-electron chi connectivity index (χ2n) is 7.20. The average Bonchev–Trinajstić information content (AvgIpc) is 3.39. The summed E-state index contributed by atoms with van der Waals surface area (Å²) in [7, 11) is 0. The fraction of sp³-hybridized carbons (Fsp3) is 0.318. The Morgan fingerprint density at radius 2 is 2.07 bits per heavy atom. The molecule has 0 unspecified atom stereocenters. The number of amidine groups is 1. The van der Waals surface area contributed by atoms with E-state index in [1.807, 2.05) is 43.3 Å². The van der Waals surface area contributed by atoms with E-state index in [-0.39, 0.29) is 24.5 Å². The van der Waals surface area contributed by atoms with Gasteiger partial charge in [0.05, 0.1) is 31.0 Å². The summed E-state index contributed by atoms with van der Waals surface area (Å²) in [6.45, 7) is 3.29. The lowest BCUT2D eigenvalue weighted by molar-refractivity contribution is -0.117. The molecule has 0 bridgehead atoms. The van der Waals surface area contributed by atoms with Crippen LogP contribution in [0.15, 0.2) is 69.9 Å². The second kappa shape index (κ2) is 8.34. The molecule has 2 aliphatic rings. The van der Waals surface area contributed by atoms with Crippen LogP contribution in [0, 0.1) is 0 Å². The van der Waals surface area contributed by atoms with Crippen LogP contribution in [0.3, 0.4) is 0 Å². The van der Waals surface area contributed by atoms with Gasteiger partial charge in [-0.05, 0) is 30.5 Å². The first-order valence-corrected chi connectivity index (χ1v) is 9.88. The maximum atomic E-state index is 13.1. The molecular weight excluding hydrogens is 368 g/mol. The van der Waals surface area contributed by atoms with Crippen molar-refractivity contribution in [2.75, 3.05) is 13.1 Å². The van der Waals surface area contributed by atoms with Gasteiger partial charge in [0, 0.05) is 12.7 Å². The van der Waals surface area contributed by atoms with E-state index in [1.54, 1.807) is 23.4 Å². The number of rotatable bonds is 7. The minimum absolute atomic E-state index is 0.0812. The van der Waals surface area contributed by atoms with Crippen LogP contribution in [0.2, 0.25) is 0 Å². The number of aliphatic imine (C=N–C) groups is 1. The normalized spacial score (nSPS) is 18.4. The number of benzene rings is 1. The van der Waals surface area contributed by atoms with Crippen molar-refractivity contribution >= 4 is 17.8 Å². The molecule has 3 amide bonds. The van der Waals surface area contributed by atoms with E-state index < -0.39 is 0 Å².